The van der Waals surface area contributed by atoms with Gasteiger partial charge in [0.15, 0.2) is 5.96 Å². The van der Waals surface area contributed by atoms with E-state index in [9.17, 15) is 0 Å². The number of aliphatic imine (C=N–C) groups is 1. The van der Waals surface area contributed by atoms with E-state index in [2.05, 4.69) is 76.8 Å². The molecule has 0 saturated heterocycles. The summed E-state index contributed by atoms with van der Waals surface area (Å²) in [6.07, 6.45) is 3.73. The number of rotatable bonds is 11. The van der Waals surface area contributed by atoms with Crippen LogP contribution in [0.1, 0.15) is 53.8 Å². The molecule has 0 aliphatic rings. The largest absolute Gasteiger partial charge is 0.355 e. The van der Waals surface area contributed by atoms with Gasteiger partial charge in [0.05, 0.1) is 0 Å². The van der Waals surface area contributed by atoms with Gasteiger partial charge >= 0.3 is 0 Å². The maximum atomic E-state index is 4.63. The van der Waals surface area contributed by atoms with Crippen molar-refractivity contribution in [2.75, 3.05) is 26.2 Å². The Morgan fingerprint density at radius 1 is 1.15 bits per heavy atom. The van der Waals surface area contributed by atoms with Gasteiger partial charge in [0, 0.05) is 51.2 Å². The van der Waals surface area contributed by atoms with Crippen LogP contribution in [-0.2, 0) is 13.0 Å². The van der Waals surface area contributed by atoms with Crippen LogP contribution in [0, 0.1) is 0 Å². The Morgan fingerprint density at radius 3 is 2.38 bits per heavy atom. The van der Waals surface area contributed by atoms with Gasteiger partial charge in [0.25, 0.3) is 0 Å². The van der Waals surface area contributed by atoms with Crippen LogP contribution in [0.4, 0.5) is 0 Å². The van der Waals surface area contributed by atoms with Crippen LogP contribution < -0.4 is 10.6 Å². The van der Waals surface area contributed by atoms with Gasteiger partial charge in [-0.05, 0) is 34.1 Å². The molecule has 1 heterocycles. The third kappa shape index (κ3) is 9.16. The number of halogens is 1. The Kier molecular flexibility index (Phi) is 13.7. The van der Waals surface area contributed by atoms with Gasteiger partial charge in [-0.2, -0.15) is 0 Å². The van der Waals surface area contributed by atoms with Crippen molar-refractivity contribution >= 4 is 29.9 Å². The number of hydrogen-bond acceptors (Lipinski definition) is 4. The maximum Gasteiger partial charge on any atom is 0.191 e. The Labute approximate surface area is 176 Å². The van der Waals surface area contributed by atoms with Gasteiger partial charge in [-0.15, -0.1) is 34.2 Å². The summed E-state index contributed by atoms with van der Waals surface area (Å²) in [6.45, 7) is 17.6. The number of aromatic nitrogens is 3. The van der Waals surface area contributed by atoms with Crippen molar-refractivity contribution in [1.82, 2.24) is 30.3 Å². The zero-order valence-corrected chi connectivity index (χ0v) is 19.7. The average molecular weight is 479 g/mol. The van der Waals surface area contributed by atoms with E-state index in [1.165, 1.54) is 0 Å². The van der Waals surface area contributed by atoms with E-state index in [0.29, 0.717) is 12.1 Å². The van der Waals surface area contributed by atoms with Crippen molar-refractivity contribution in [2.45, 2.75) is 73.0 Å². The molecule has 0 amide bonds. The summed E-state index contributed by atoms with van der Waals surface area (Å²) in [5.74, 6) is 1.91. The van der Waals surface area contributed by atoms with E-state index in [1.807, 2.05) is 0 Å². The zero-order valence-electron chi connectivity index (χ0n) is 17.3. The summed E-state index contributed by atoms with van der Waals surface area (Å²) in [6, 6.07) is 1.10. The maximum absolute atomic E-state index is 4.63. The Hall–Kier alpha value is -0.900. The number of nitrogens with one attached hydrogen (secondary N) is 2. The highest BCUT2D eigenvalue weighted by molar-refractivity contribution is 14.0. The Bertz CT molecular complexity index is 491. The number of hydrogen-bond donors (Lipinski definition) is 2. The highest BCUT2D eigenvalue weighted by atomic mass is 127. The predicted octanol–water partition coefficient (Wildman–Crippen LogP) is 2.52. The van der Waals surface area contributed by atoms with E-state index in [0.717, 1.165) is 57.3 Å². The molecule has 0 bridgehead atoms. The molecule has 0 aromatic carbocycles. The van der Waals surface area contributed by atoms with Crippen molar-refractivity contribution < 1.29 is 0 Å². The topological polar surface area (TPSA) is 70.4 Å². The lowest BCUT2D eigenvalue weighted by atomic mass is 10.2. The van der Waals surface area contributed by atoms with E-state index in [4.69, 9.17) is 0 Å². The van der Waals surface area contributed by atoms with Gasteiger partial charge in [0.2, 0.25) is 0 Å². The molecule has 0 saturated carbocycles. The van der Waals surface area contributed by atoms with Gasteiger partial charge in [-0.25, -0.2) is 0 Å². The van der Waals surface area contributed by atoms with E-state index in [1.54, 1.807) is 6.33 Å². The van der Waals surface area contributed by atoms with Crippen molar-refractivity contribution in [1.29, 1.82) is 0 Å². The molecule has 0 unspecified atom stereocenters. The summed E-state index contributed by atoms with van der Waals surface area (Å²) in [5, 5.41) is 15.0. The number of aryl methyl sites for hydroxylation is 1. The summed E-state index contributed by atoms with van der Waals surface area (Å²) in [7, 11) is 0. The molecule has 1 aromatic rings. The van der Waals surface area contributed by atoms with Crippen LogP contribution in [0.5, 0.6) is 0 Å². The second kappa shape index (κ2) is 14.2. The first kappa shape index (κ1) is 25.1. The molecule has 0 atom stereocenters. The third-order valence-electron chi connectivity index (χ3n) is 4.14. The predicted molar refractivity (Wildman–Crippen MR) is 120 cm³/mol. The molecule has 1 aromatic heterocycles. The summed E-state index contributed by atoms with van der Waals surface area (Å²) >= 11 is 0. The molecule has 1 rings (SSSR count). The zero-order chi connectivity index (χ0) is 18.7. The minimum Gasteiger partial charge on any atom is -0.355 e. The van der Waals surface area contributed by atoms with Crippen LogP contribution in [-0.4, -0.2) is 63.9 Å². The fourth-order valence-electron chi connectivity index (χ4n) is 2.85. The minimum absolute atomic E-state index is 0. The van der Waals surface area contributed by atoms with Crippen molar-refractivity contribution in [3.05, 3.63) is 12.2 Å². The van der Waals surface area contributed by atoms with Crippen LogP contribution >= 0.6 is 24.0 Å². The number of guanidine groups is 1. The monoisotopic (exact) mass is 479 g/mol. The Balaban J connectivity index is 0.00000625. The standard InChI is InChI=1S/C18H37N7.HI/c1-7-9-19-18(21-11-13-25(15(3)4)16(5)6)20-10-12-24-14-22-23-17(24)8-2;/h14-16H,7-13H2,1-6H3,(H2,19,20,21);1H. The molecule has 26 heavy (non-hydrogen) atoms. The van der Waals surface area contributed by atoms with Crippen molar-refractivity contribution in [2.24, 2.45) is 4.99 Å². The molecule has 0 fully saturated rings. The third-order valence-corrected chi connectivity index (χ3v) is 4.14. The smallest absolute Gasteiger partial charge is 0.191 e. The van der Waals surface area contributed by atoms with E-state index < -0.39 is 0 Å². The second-order valence-corrected chi connectivity index (χ2v) is 6.80. The highest BCUT2D eigenvalue weighted by Gasteiger charge is 2.12. The molecule has 0 spiro atoms. The molecule has 8 heteroatoms. The van der Waals surface area contributed by atoms with Gasteiger partial charge in [-0.3, -0.25) is 9.89 Å². The van der Waals surface area contributed by atoms with Crippen LogP contribution in [0.3, 0.4) is 0 Å². The normalized spacial score (nSPS) is 12.0. The van der Waals surface area contributed by atoms with Crippen LogP contribution in [0.2, 0.25) is 0 Å². The average Bonchev–Trinajstić information content (AvgIpc) is 3.02. The van der Waals surface area contributed by atoms with Gasteiger partial charge in [-0.1, -0.05) is 13.8 Å². The SMILES string of the molecule is CCCN=C(NCCN(C(C)C)C(C)C)NCCn1cnnc1CC.I. The van der Waals surface area contributed by atoms with Crippen molar-refractivity contribution in [3.63, 3.8) is 0 Å². The minimum atomic E-state index is 0. The van der Waals surface area contributed by atoms with Crippen LogP contribution in [0.25, 0.3) is 0 Å². The molecule has 0 aliphatic heterocycles. The van der Waals surface area contributed by atoms with E-state index in [-0.39, 0.29) is 24.0 Å². The lowest BCUT2D eigenvalue weighted by Gasteiger charge is -2.30. The molecule has 7 nitrogen and oxygen atoms in total. The molecule has 2 N–H and O–H groups in total. The molecule has 0 radical (unpaired) electrons. The first-order valence-corrected chi connectivity index (χ1v) is 9.64. The Morgan fingerprint density at radius 2 is 1.81 bits per heavy atom. The fraction of sp³-hybridized carbons (Fsp3) is 0.833. The highest BCUT2D eigenvalue weighted by Crippen LogP contribution is 2.03. The molecular weight excluding hydrogens is 441 g/mol. The fourth-order valence-corrected chi connectivity index (χ4v) is 2.85. The molecule has 152 valence electrons. The van der Waals surface area contributed by atoms with Crippen molar-refractivity contribution in [3.8, 4) is 0 Å². The quantitative estimate of drug-likeness (QED) is 0.290. The summed E-state index contributed by atoms with van der Waals surface area (Å²) in [5.41, 5.74) is 0. The molecular formula is C18H38IN7. The summed E-state index contributed by atoms with van der Waals surface area (Å²) in [4.78, 5) is 7.11. The van der Waals surface area contributed by atoms with Gasteiger partial charge < -0.3 is 15.2 Å². The lowest BCUT2D eigenvalue weighted by Crippen LogP contribution is -2.45. The second-order valence-electron chi connectivity index (χ2n) is 6.80. The molecule has 0 aliphatic carbocycles. The lowest BCUT2D eigenvalue weighted by molar-refractivity contribution is 0.178. The summed E-state index contributed by atoms with van der Waals surface area (Å²) < 4.78 is 2.09. The van der Waals surface area contributed by atoms with Gasteiger partial charge in [0.1, 0.15) is 12.2 Å². The number of nitrogens with zero attached hydrogens (tertiary/aromatic N) is 5. The first-order valence-electron chi connectivity index (χ1n) is 9.64. The van der Waals surface area contributed by atoms with E-state index >= 15 is 0 Å². The first-order chi connectivity index (χ1) is 12.0. The van der Waals surface area contributed by atoms with Crippen LogP contribution in [0.15, 0.2) is 11.3 Å².